The molecule has 1 heterocycles. The van der Waals surface area contributed by atoms with E-state index >= 15 is 0 Å². The van der Waals surface area contributed by atoms with Crippen molar-refractivity contribution in [3.05, 3.63) is 18.5 Å². The molecule has 6 heteroatoms. The maximum Gasteiger partial charge on any atom is 0.317 e. The summed E-state index contributed by atoms with van der Waals surface area (Å²) < 4.78 is 0. The molecule has 20 heavy (non-hydrogen) atoms. The molecule has 2 aliphatic rings. The lowest BCUT2D eigenvalue weighted by molar-refractivity contribution is -0.139. The van der Waals surface area contributed by atoms with Crippen LogP contribution in [0.2, 0.25) is 0 Å². The molecule has 0 unspecified atom stereocenters. The number of carboxylic acid groups (broad SMARTS) is 1. The van der Waals surface area contributed by atoms with Crippen LogP contribution in [0.3, 0.4) is 0 Å². The Kier molecular flexibility index (Phi) is 3.82. The predicted octanol–water partition coefficient (Wildman–Crippen LogP) is 1.22. The Morgan fingerprint density at radius 1 is 1.35 bits per heavy atom. The maximum atomic E-state index is 11.0. The summed E-state index contributed by atoms with van der Waals surface area (Å²) in [5.74, 6) is 0.648. The largest absolute Gasteiger partial charge is 0.480 e. The number of hydrogen-bond acceptors (Lipinski definition) is 5. The van der Waals surface area contributed by atoms with E-state index in [0.29, 0.717) is 18.0 Å². The molecule has 0 aliphatic heterocycles. The first kappa shape index (κ1) is 13.3. The van der Waals surface area contributed by atoms with E-state index in [0.717, 1.165) is 25.3 Å². The Hall–Kier alpha value is -1.69. The van der Waals surface area contributed by atoms with Gasteiger partial charge < -0.3 is 10.4 Å². The number of hydrogen-bond donors (Lipinski definition) is 2. The summed E-state index contributed by atoms with van der Waals surface area (Å²) in [4.78, 5) is 21.4. The molecule has 2 N–H and O–H groups in total. The second-order valence-corrected chi connectivity index (χ2v) is 5.81. The number of rotatable bonds is 7. The molecular formula is C14H20N4O2. The monoisotopic (exact) mass is 276 g/mol. The molecule has 0 aromatic carbocycles. The zero-order chi connectivity index (χ0) is 13.9. The minimum atomic E-state index is -0.728. The van der Waals surface area contributed by atoms with E-state index in [9.17, 15) is 4.79 Å². The van der Waals surface area contributed by atoms with Crippen molar-refractivity contribution in [2.45, 2.75) is 37.8 Å². The molecule has 0 saturated heterocycles. The number of carboxylic acids is 1. The Bertz CT molecular complexity index is 458. The lowest BCUT2D eigenvalue weighted by Gasteiger charge is -2.42. The van der Waals surface area contributed by atoms with Gasteiger partial charge in [-0.15, -0.1) is 0 Å². The molecule has 0 atom stereocenters. The third kappa shape index (κ3) is 3.45. The number of nitrogens with zero attached hydrogens (tertiary/aromatic N) is 3. The molecule has 0 radical (unpaired) electrons. The minimum absolute atomic E-state index is 0.162. The molecule has 108 valence electrons. The van der Waals surface area contributed by atoms with Gasteiger partial charge in [-0.2, -0.15) is 0 Å². The van der Waals surface area contributed by atoms with Crippen LogP contribution < -0.4 is 5.32 Å². The Morgan fingerprint density at radius 3 is 2.65 bits per heavy atom. The number of nitrogens with one attached hydrogen (secondary N) is 1. The van der Waals surface area contributed by atoms with Gasteiger partial charge in [-0.25, -0.2) is 9.97 Å². The average Bonchev–Trinajstić information content (AvgIpc) is 3.17. The Morgan fingerprint density at radius 2 is 2.05 bits per heavy atom. The van der Waals surface area contributed by atoms with Gasteiger partial charge in [0.15, 0.2) is 0 Å². The topological polar surface area (TPSA) is 78.4 Å². The molecule has 2 saturated carbocycles. The predicted molar refractivity (Wildman–Crippen MR) is 74.4 cm³/mol. The van der Waals surface area contributed by atoms with Gasteiger partial charge in [0.25, 0.3) is 0 Å². The highest BCUT2D eigenvalue weighted by atomic mass is 16.4. The second kappa shape index (κ2) is 5.75. The van der Waals surface area contributed by atoms with Crippen LogP contribution in [-0.2, 0) is 4.79 Å². The van der Waals surface area contributed by atoms with Crippen LogP contribution in [0.25, 0.3) is 0 Å². The molecule has 2 fully saturated rings. The molecule has 0 amide bonds. The van der Waals surface area contributed by atoms with E-state index in [1.54, 1.807) is 18.5 Å². The average molecular weight is 276 g/mol. The first-order chi connectivity index (χ1) is 9.70. The standard InChI is InChI=1S/C14H20N4O2/c19-13(20)9-18(8-10-2-3-10)12-6-11(7-12)17-14-15-4-1-5-16-14/h1,4-5,10-12H,2-3,6-9H2,(H,19,20)(H,15,16,17). The van der Waals surface area contributed by atoms with E-state index in [4.69, 9.17) is 5.11 Å². The van der Waals surface area contributed by atoms with Gasteiger partial charge in [-0.1, -0.05) is 0 Å². The third-order valence-corrected chi connectivity index (χ3v) is 4.06. The van der Waals surface area contributed by atoms with Crippen LogP contribution in [-0.4, -0.2) is 51.1 Å². The summed E-state index contributed by atoms with van der Waals surface area (Å²) in [6, 6.07) is 2.53. The van der Waals surface area contributed by atoms with Gasteiger partial charge in [0.1, 0.15) is 0 Å². The first-order valence-corrected chi connectivity index (χ1v) is 7.20. The number of carbonyl (C=O) groups is 1. The van der Waals surface area contributed by atoms with Crippen molar-refractivity contribution in [1.29, 1.82) is 0 Å². The number of anilines is 1. The van der Waals surface area contributed by atoms with Gasteiger partial charge in [0.2, 0.25) is 5.95 Å². The Balaban J connectivity index is 1.48. The molecular weight excluding hydrogens is 256 g/mol. The second-order valence-electron chi connectivity index (χ2n) is 5.81. The van der Waals surface area contributed by atoms with Crippen LogP contribution in [0, 0.1) is 5.92 Å². The Labute approximate surface area is 118 Å². The van der Waals surface area contributed by atoms with Gasteiger partial charge in [-0.05, 0) is 37.7 Å². The summed E-state index contributed by atoms with van der Waals surface area (Å²) in [5, 5.41) is 12.3. The van der Waals surface area contributed by atoms with Crippen molar-refractivity contribution in [3.63, 3.8) is 0 Å². The summed E-state index contributed by atoms with van der Waals surface area (Å²) in [5.41, 5.74) is 0. The van der Waals surface area contributed by atoms with E-state index < -0.39 is 5.97 Å². The van der Waals surface area contributed by atoms with Crippen LogP contribution >= 0.6 is 0 Å². The minimum Gasteiger partial charge on any atom is -0.480 e. The van der Waals surface area contributed by atoms with E-state index in [-0.39, 0.29) is 6.54 Å². The SMILES string of the molecule is O=C(O)CN(CC1CC1)C1CC(Nc2ncccn2)C1. The molecule has 2 aliphatic carbocycles. The summed E-state index contributed by atoms with van der Waals surface area (Å²) in [7, 11) is 0. The fourth-order valence-electron chi connectivity index (χ4n) is 2.71. The molecule has 3 rings (SSSR count). The normalized spacial score (nSPS) is 25.2. The molecule has 0 spiro atoms. The van der Waals surface area contributed by atoms with Crippen molar-refractivity contribution in [1.82, 2.24) is 14.9 Å². The highest BCUT2D eigenvalue weighted by Crippen LogP contribution is 2.34. The van der Waals surface area contributed by atoms with Gasteiger partial charge in [-0.3, -0.25) is 9.69 Å². The zero-order valence-corrected chi connectivity index (χ0v) is 11.4. The summed E-state index contributed by atoms with van der Waals surface area (Å²) >= 11 is 0. The van der Waals surface area contributed by atoms with Crippen LogP contribution in [0.5, 0.6) is 0 Å². The lowest BCUT2D eigenvalue weighted by atomic mass is 9.85. The van der Waals surface area contributed by atoms with Gasteiger partial charge in [0.05, 0.1) is 6.54 Å². The lowest BCUT2D eigenvalue weighted by Crippen LogP contribution is -2.52. The fraction of sp³-hybridized carbons (Fsp3) is 0.643. The van der Waals surface area contributed by atoms with Crippen molar-refractivity contribution in [3.8, 4) is 0 Å². The van der Waals surface area contributed by atoms with E-state index in [1.165, 1.54) is 12.8 Å². The highest BCUT2D eigenvalue weighted by molar-refractivity contribution is 5.69. The number of aromatic nitrogens is 2. The molecule has 6 nitrogen and oxygen atoms in total. The maximum absolute atomic E-state index is 11.0. The van der Waals surface area contributed by atoms with Crippen molar-refractivity contribution < 1.29 is 9.90 Å². The molecule has 1 aromatic rings. The van der Waals surface area contributed by atoms with Crippen molar-refractivity contribution in [2.75, 3.05) is 18.4 Å². The zero-order valence-electron chi connectivity index (χ0n) is 11.4. The molecule has 0 bridgehead atoms. The van der Waals surface area contributed by atoms with E-state index in [2.05, 4.69) is 20.2 Å². The highest BCUT2D eigenvalue weighted by Gasteiger charge is 2.37. The van der Waals surface area contributed by atoms with Crippen molar-refractivity contribution in [2.24, 2.45) is 5.92 Å². The fourth-order valence-corrected chi connectivity index (χ4v) is 2.71. The summed E-state index contributed by atoms with van der Waals surface area (Å²) in [6.45, 7) is 1.10. The first-order valence-electron chi connectivity index (χ1n) is 7.20. The quantitative estimate of drug-likeness (QED) is 0.779. The van der Waals surface area contributed by atoms with Gasteiger partial charge >= 0.3 is 5.97 Å². The van der Waals surface area contributed by atoms with Crippen LogP contribution in [0.1, 0.15) is 25.7 Å². The molecule has 1 aromatic heterocycles. The summed E-state index contributed by atoms with van der Waals surface area (Å²) in [6.07, 6.45) is 7.88. The smallest absolute Gasteiger partial charge is 0.317 e. The van der Waals surface area contributed by atoms with Gasteiger partial charge in [0, 0.05) is 31.0 Å². The van der Waals surface area contributed by atoms with E-state index in [1.807, 2.05) is 0 Å². The van der Waals surface area contributed by atoms with Crippen LogP contribution in [0.4, 0.5) is 5.95 Å². The van der Waals surface area contributed by atoms with Crippen molar-refractivity contribution >= 4 is 11.9 Å². The van der Waals surface area contributed by atoms with Crippen LogP contribution in [0.15, 0.2) is 18.5 Å². The number of aliphatic carboxylic acids is 1. The third-order valence-electron chi connectivity index (χ3n) is 4.06.